The van der Waals surface area contributed by atoms with Crippen molar-refractivity contribution in [2.75, 3.05) is 7.11 Å². The quantitative estimate of drug-likeness (QED) is 0.755. The minimum absolute atomic E-state index is 0.0715. The predicted octanol–water partition coefficient (Wildman–Crippen LogP) is 2.85. The minimum atomic E-state index is -0.0715. The van der Waals surface area contributed by atoms with Crippen LogP contribution in [0.2, 0.25) is 0 Å². The highest BCUT2D eigenvalue weighted by atomic mass is 16.5. The van der Waals surface area contributed by atoms with Crippen molar-refractivity contribution in [2.24, 2.45) is 0 Å². The van der Waals surface area contributed by atoms with E-state index in [9.17, 15) is 4.79 Å². The average molecular weight is 227 g/mol. The first-order valence-electron chi connectivity index (χ1n) is 5.29. The average Bonchev–Trinajstić information content (AvgIpc) is 2.90. The molecule has 1 heterocycles. The fraction of sp³-hybridized carbons (Fsp3) is 0.0714. The van der Waals surface area contributed by atoms with Crippen molar-refractivity contribution in [3.63, 3.8) is 0 Å². The van der Waals surface area contributed by atoms with Gasteiger partial charge in [-0.15, -0.1) is 0 Å². The molecule has 0 radical (unpaired) electrons. The molecule has 1 aromatic carbocycles. The summed E-state index contributed by atoms with van der Waals surface area (Å²) >= 11 is 0. The molecular formula is C14H13NO2. The van der Waals surface area contributed by atoms with Crippen LogP contribution in [0.5, 0.6) is 5.75 Å². The number of carbonyl (C=O) groups excluding carboxylic acids is 1. The number of allylic oxidation sites excluding steroid dienone is 1. The Bertz CT molecular complexity index is 527. The first-order chi connectivity index (χ1) is 8.29. The van der Waals surface area contributed by atoms with Gasteiger partial charge in [0, 0.05) is 18.5 Å². The summed E-state index contributed by atoms with van der Waals surface area (Å²) in [6.07, 6.45) is 6.75. The molecule has 1 aromatic heterocycles. The van der Waals surface area contributed by atoms with E-state index in [0.717, 1.165) is 11.3 Å². The molecule has 0 atom stereocenters. The Kier molecular flexibility index (Phi) is 3.40. The van der Waals surface area contributed by atoms with Crippen LogP contribution in [0, 0.1) is 0 Å². The molecule has 86 valence electrons. The van der Waals surface area contributed by atoms with Crippen LogP contribution in [-0.2, 0) is 0 Å². The second-order valence-electron chi connectivity index (χ2n) is 3.54. The third-order valence-electron chi connectivity index (χ3n) is 2.37. The van der Waals surface area contributed by atoms with Crippen LogP contribution in [0.25, 0.3) is 6.08 Å². The van der Waals surface area contributed by atoms with Gasteiger partial charge in [-0.3, -0.25) is 9.36 Å². The molecule has 0 bridgehead atoms. The number of benzene rings is 1. The number of nitrogens with zero attached hydrogens (tertiary/aromatic N) is 1. The Morgan fingerprint density at radius 1 is 1.24 bits per heavy atom. The molecule has 0 unspecified atom stereocenters. The predicted molar refractivity (Wildman–Crippen MR) is 67.1 cm³/mol. The van der Waals surface area contributed by atoms with Crippen LogP contribution in [0.4, 0.5) is 0 Å². The SMILES string of the molecule is COc1cccc(C=CC(=O)n2cccc2)c1. The Balaban J connectivity index is 2.12. The van der Waals surface area contributed by atoms with Crippen LogP contribution >= 0.6 is 0 Å². The van der Waals surface area contributed by atoms with Gasteiger partial charge in [0.2, 0.25) is 0 Å². The number of carbonyl (C=O) groups is 1. The number of rotatable bonds is 3. The molecule has 3 nitrogen and oxygen atoms in total. The summed E-state index contributed by atoms with van der Waals surface area (Å²) in [5.74, 6) is 0.707. The number of hydrogen-bond donors (Lipinski definition) is 0. The van der Waals surface area contributed by atoms with Crippen LogP contribution < -0.4 is 4.74 Å². The van der Waals surface area contributed by atoms with E-state index in [1.807, 2.05) is 36.4 Å². The van der Waals surface area contributed by atoms with E-state index in [1.54, 1.807) is 25.6 Å². The molecule has 0 aliphatic carbocycles. The number of aromatic nitrogens is 1. The van der Waals surface area contributed by atoms with E-state index in [1.165, 1.54) is 10.6 Å². The summed E-state index contributed by atoms with van der Waals surface area (Å²) in [4.78, 5) is 11.7. The normalized spacial score (nSPS) is 10.6. The molecule has 0 amide bonds. The van der Waals surface area contributed by atoms with Crippen LogP contribution in [0.1, 0.15) is 10.4 Å². The van der Waals surface area contributed by atoms with Crippen LogP contribution in [0.3, 0.4) is 0 Å². The van der Waals surface area contributed by atoms with Gasteiger partial charge >= 0.3 is 0 Å². The molecule has 3 heteroatoms. The highest BCUT2D eigenvalue weighted by Gasteiger charge is 1.97. The Morgan fingerprint density at radius 3 is 2.71 bits per heavy atom. The maximum Gasteiger partial charge on any atom is 0.254 e. The Morgan fingerprint density at radius 2 is 2.00 bits per heavy atom. The molecule has 0 aliphatic rings. The zero-order valence-corrected chi connectivity index (χ0v) is 9.54. The fourth-order valence-electron chi connectivity index (χ4n) is 1.48. The minimum Gasteiger partial charge on any atom is -0.497 e. The summed E-state index contributed by atoms with van der Waals surface area (Å²) in [7, 11) is 1.62. The lowest BCUT2D eigenvalue weighted by Gasteiger charge is -2.00. The number of hydrogen-bond acceptors (Lipinski definition) is 2. The summed E-state index contributed by atoms with van der Waals surface area (Å²) in [6.45, 7) is 0. The molecule has 0 saturated carbocycles. The van der Waals surface area contributed by atoms with E-state index in [0.29, 0.717) is 0 Å². The number of ether oxygens (including phenoxy) is 1. The van der Waals surface area contributed by atoms with Gasteiger partial charge in [-0.1, -0.05) is 12.1 Å². The lowest BCUT2D eigenvalue weighted by atomic mass is 10.2. The molecule has 0 N–H and O–H groups in total. The van der Waals surface area contributed by atoms with Crippen molar-refractivity contribution in [3.8, 4) is 5.75 Å². The van der Waals surface area contributed by atoms with Crippen LogP contribution in [0.15, 0.2) is 54.9 Å². The van der Waals surface area contributed by atoms with Gasteiger partial charge < -0.3 is 4.74 Å². The van der Waals surface area contributed by atoms with Gasteiger partial charge in [0.05, 0.1) is 7.11 Å². The zero-order valence-electron chi connectivity index (χ0n) is 9.54. The van der Waals surface area contributed by atoms with Crippen molar-refractivity contribution in [1.29, 1.82) is 0 Å². The summed E-state index contributed by atoms with van der Waals surface area (Å²) in [5, 5.41) is 0. The van der Waals surface area contributed by atoms with Gasteiger partial charge in [0.1, 0.15) is 5.75 Å². The van der Waals surface area contributed by atoms with Gasteiger partial charge in [-0.2, -0.15) is 0 Å². The van der Waals surface area contributed by atoms with Crippen molar-refractivity contribution < 1.29 is 9.53 Å². The maximum atomic E-state index is 11.7. The zero-order chi connectivity index (χ0) is 12.1. The second-order valence-corrected chi connectivity index (χ2v) is 3.54. The van der Waals surface area contributed by atoms with E-state index < -0.39 is 0 Å². The van der Waals surface area contributed by atoms with E-state index >= 15 is 0 Å². The smallest absolute Gasteiger partial charge is 0.254 e. The molecule has 17 heavy (non-hydrogen) atoms. The third kappa shape index (κ3) is 2.84. The van der Waals surface area contributed by atoms with Gasteiger partial charge in [0.25, 0.3) is 5.91 Å². The Labute approximate surface area is 100.0 Å². The van der Waals surface area contributed by atoms with Crippen LogP contribution in [-0.4, -0.2) is 17.6 Å². The second kappa shape index (κ2) is 5.16. The first kappa shape index (κ1) is 11.2. The summed E-state index contributed by atoms with van der Waals surface area (Å²) in [6, 6.07) is 11.2. The molecule has 2 rings (SSSR count). The number of methoxy groups -OCH3 is 1. The van der Waals surface area contributed by atoms with E-state index in [2.05, 4.69) is 0 Å². The highest BCUT2D eigenvalue weighted by Crippen LogP contribution is 2.13. The monoisotopic (exact) mass is 227 g/mol. The Hall–Kier alpha value is -2.29. The van der Waals surface area contributed by atoms with Gasteiger partial charge in [0.15, 0.2) is 0 Å². The molecule has 0 spiro atoms. The molecule has 0 saturated heterocycles. The molecule has 2 aromatic rings. The highest BCUT2D eigenvalue weighted by molar-refractivity contribution is 5.93. The van der Waals surface area contributed by atoms with E-state index in [-0.39, 0.29) is 5.91 Å². The summed E-state index contributed by atoms with van der Waals surface area (Å²) in [5.41, 5.74) is 0.935. The standard InChI is InChI=1S/C14H13NO2/c1-17-13-6-4-5-12(11-13)7-8-14(16)15-9-2-3-10-15/h2-11H,1H3. The lowest BCUT2D eigenvalue weighted by molar-refractivity contribution is 0.0970. The molecular weight excluding hydrogens is 214 g/mol. The van der Waals surface area contributed by atoms with Crippen molar-refractivity contribution >= 4 is 12.0 Å². The van der Waals surface area contributed by atoms with Gasteiger partial charge in [-0.05, 0) is 35.9 Å². The molecule has 0 fully saturated rings. The van der Waals surface area contributed by atoms with Gasteiger partial charge in [-0.25, -0.2) is 0 Å². The third-order valence-corrected chi connectivity index (χ3v) is 2.37. The topological polar surface area (TPSA) is 31.2 Å². The largest absolute Gasteiger partial charge is 0.497 e. The first-order valence-corrected chi connectivity index (χ1v) is 5.29. The van der Waals surface area contributed by atoms with Crippen molar-refractivity contribution in [3.05, 3.63) is 60.4 Å². The van der Waals surface area contributed by atoms with E-state index in [4.69, 9.17) is 4.74 Å². The molecule has 0 aliphatic heterocycles. The maximum absolute atomic E-state index is 11.7. The summed E-state index contributed by atoms with van der Waals surface area (Å²) < 4.78 is 6.63. The lowest BCUT2D eigenvalue weighted by Crippen LogP contribution is -2.03. The fourth-order valence-corrected chi connectivity index (χ4v) is 1.48. The van der Waals surface area contributed by atoms with Crippen molar-refractivity contribution in [2.45, 2.75) is 0 Å². The van der Waals surface area contributed by atoms with Crippen molar-refractivity contribution in [1.82, 2.24) is 4.57 Å².